The monoisotopic (exact) mass is 498 g/mol. The number of likely N-dealkylation sites (tertiary alicyclic amines) is 1. The maximum atomic E-state index is 13.3. The van der Waals surface area contributed by atoms with Gasteiger partial charge in [0.05, 0.1) is 36.9 Å². The molecule has 9 nitrogen and oxygen atoms in total. The molecular formula is C28H30N6O3. The third-order valence-corrected chi connectivity index (χ3v) is 6.47. The quantitative estimate of drug-likeness (QED) is 0.378. The van der Waals surface area contributed by atoms with Crippen molar-refractivity contribution in [2.24, 2.45) is 0 Å². The van der Waals surface area contributed by atoms with Crippen molar-refractivity contribution in [2.75, 3.05) is 27.3 Å². The fraction of sp³-hybridized carbons (Fsp3) is 0.286. The first-order chi connectivity index (χ1) is 18.2. The van der Waals surface area contributed by atoms with Crippen molar-refractivity contribution >= 4 is 5.91 Å². The number of hydrogen-bond donors (Lipinski definition) is 1. The SMILES string of the molecule is COCc1c(C(=O)N[C@@H]2CCN(Cc3ccccc3)C2)cnn1-c1nccc(-c2ccccc2OC)n1. The summed E-state index contributed by atoms with van der Waals surface area (Å²) < 4.78 is 12.5. The highest BCUT2D eigenvalue weighted by molar-refractivity contribution is 5.95. The summed E-state index contributed by atoms with van der Waals surface area (Å²) in [5, 5.41) is 7.64. The lowest BCUT2D eigenvalue weighted by Crippen LogP contribution is -2.37. The number of benzene rings is 2. The Hall–Kier alpha value is -4.08. The Morgan fingerprint density at radius 1 is 1.08 bits per heavy atom. The van der Waals surface area contributed by atoms with Gasteiger partial charge in [-0.25, -0.2) is 9.97 Å². The summed E-state index contributed by atoms with van der Waals surface area (Å²) in [5.74, 6) is 0.887. The zero-order valence-electron chi connectivity index (χ0n) is 21.0. The Bertz CT molecular complexity index is 1360. The Morgan fingerprint density at radius 3 is 2.70 bits per heavy atom. The second-order valence-electron chi connectivity index (χ2n) is 8.97. The standard InChI is InChI=1S/C28H30N6O3/c1-36-19-25-23(27(35)31-21-13-15-33(18-21)17-20-8-4-3-5-9-20)16-30-34(25)28-29-14-12-24(32-28)22-10-6-7-11-26(22)37-2/h3-12,14,16,21H,13,15,17-19H2,1-2H3,(H,31,35)/t21-/m1/s1. The van der Waals surface area contributed by atoms with Gasteiger partial charge in [0.15, 0.2) is 0 Å². The molecule has 1 fully saturated rings. The molecule has 3 heterocycles. The zero-order valence-corrected chi connectivity index (χ0v) is 21.0. The van der Waals surface area contributed by atoms with Crippen LogP contribution >= 0.6 is 0 Å². The molecule has 1 atom stereocenters. The second-order valence-corrected chi connectivity index (χ2v) is 8.97. The highest BCUT2D eigenvalue weighted by atomic mass is 16.5. The maximum absolute atomic E-state index is 13.3. The van der Waals surface area contributed by atoms with E-state index in [1.165, 1.54) is 5.56 Å². The second kappa shape index (κ2) is 11.3. The number of carbonyl (C=O) groups excluding carboxylic acids is 1. The normalized spacial score (nSPS) is 15.6. The lowest BCUT2D eigenvalue weighted by Gasteiger charge is -2.17. The van der Waals surface area contributed by atoms with Crippen LogP contribution < -0.4 is 10.1 Å². The van der Waals surface area contributed by atoms with E-state index in [2.05, 4.69) is 44.6 Å². The van der Waals surface area contributed by atoms with Crippen LogP contribution in [0.3, 0.4) is 0 Å². The molecule has 2 aromatic carbocycles. The first kappa shape index (κ1) is 24.6. The van der Waals surface area contributed by atoms with E-state index in [0.29, 0.717) is 28.6 Å². The van der Waals surface area contributed by atoms with Crippen molar-refractivity contribution in [1.29, 1.82) is 0 Å². The van der Waals surface area contributed by atoms with Gasteiger partial charge in [-0.1, -0.05) is 42.5 Å². The zero-order chi connectivity index (χ0) is 25.6. The Kier molecular flexibility index (Phi) is 7.53. The number of amides is 1. The molecule has 1 amide bonds. The van der Waals surface area contributed by atoms with E-state index in [-0.39, 0.29) is 18.6 Å². The molecule has 1 aliphatic rings. The van der Waals surface area contributed by atoms with Gasteiger partial charge >= 0.3 is 0 Å². The van der Waals surface area contributed by atoms with Crippen LogP contribution in [0.2, 0.25) is 0 Å². The topological polar surface area (TPSA) is 94.4 Å². The van der Waals surface area contributed by atoms with E-state index >= 15 is 0 Å². The van der Waals surface area contributed by atoms with Crippen LogP contribution in [0.1, 0.15) is 28.0 Å². The van der Waals surface area contributed by atoms with Crippen LogP contribution in [0.25, 0.3) is 17.2 Å². The average Bonchev–Trinajstić information content (AvgIpc) is 3.56. The van der Waals surface area contributed by atoms with Gasteiger partial charge in [-0.3, -0.25) is 9.69 Å². The molecule has 2 aromatic heterocycles. The Balaban J connectivity index is 1.33. The molecule has 190 valence electrons. The minimum absolute atomic E-state index is 0.0695. The summed E-state index contributed by atoms with van der Waals surface area (Å²) in [6, 6.07) is 19.9. The van der Waals surface area contributed by atoms with E-state index < -0.39 is 0 Å². The first-order valence-electron chi connectivity index (χ1n) is 12.3. The molecule has 0 radical (unpaired) electrons. The first-order valence-corrected chi connectivity index (χ1v) is 12.3. The molecule has 9 heteroatoms. The minimum Gasteiger partial charge on any atom is -0.496 e. The molecule has 4 aromatic rings. The number of carbonyl (C=O) groups is 1. The van der Waals surface area contributed by atoms with Gasteiger partial charge in [-0.2, -0.15) is 9.78 Å². The molecule has 37 heavy (non-hydrogen) atoms. The van der Waals surface area contributed by atoms with Gasteiger partial charge in [0.1, 0.15) is 5.75 Å². The smallest absolute Gasteiger partial charge is 0.255 e. The molecule has 0 saturated carbocycles. The van der Waals surface area contributed by atoms with Crippen LogP contribution in [0.4, 0.5) is 0 Å². The number of aromatic nitrogens is 4. The summed E-state index contributed by atoms with van der Waals surface area (Å²) in [6.45, 7) is 2.81. The maximum Gasteiger partial charge on any atom is 0.255 e. The highest BCUT2D eigenvalue weighted by Crippen LogP contribution is 2.28. The molecule has 0 spiro atoms. The third kappa shape index (κ3) is 5.52. The summed E-state index contributed by atoms with van der Waals surface area (Å²) >= 11 is 0. The van der Waals surface area contributed by atoms with Crippen molar-refractivity contribution in [3.63, 3.8) is 0 Å². The van der Waals surface area contributed by atoms with Gasteiger partial charge in [0.2, 0.25) is 0 Å². The average molecular weight is 499 g/mol. The fourth-order valence-corrected chi connectivity index (χ4v) is 4.67. The van der Waals surface area contributed by atoms with Gasteiger partial charge in [-0.05, 0) is 30.2 Å². The summed E-state index contributed by atoms with van der Waals surface area (Å²) in [4.78, 5) is 24.8. The van der Waals surface area contributed by atoms with Crippen molar-refractivity contribution in [3.05, 3.63) is 89.9 Å². The number of nitrogens with one attached hydrogen (secondary N) is 1. The van der Waals surface area contributed by atoms with Crippen molar-refractivity contribution < 1.29 is 14.3 Å². The lowest BCUT2D eigenvalue weighted by atomic mass is 10.1. The molecule has 0 bridgehead atoms. The number of nitrogens with zero attached hydrogens (tertiary/aromatic N) is 5. The molecule has 0 unspecified atom stereocenters. The van der Waals surface area contributed by atoms with Crippen LogP contribution in [-0.4, -0.2) is 63.9 Å². The molecule has 5 rings (SSSR count). The van der Waals surface area contributed by atoms with E-state index in [0.717, 1.165) is 31.6 Å². The van der Waals surface area contributed by atoms with Crippen molar-refractivity contribution in [3.8, 4) is 23.0 Å². The summed E-state index contributed by atoms with van der Waals surface area (Å²) in [7, 11) is 3.21. The number of methoxy groups -OCH3 is 2. The van der Waals surface area contributed by atoms with Crippen LogP contribution in [-0.2, 0) is 17.9 Å². The number of rotatable bonds is 9. The molecule has 1 saturated heterocycles. The predicted molar refractivity (Wildman–Crippen MR) is 139 cm³/mol. The van der Waals surface area contributed by atoms with Gasteiger partial charge < -0.3 is 14.8 Å². The van der Waals surface area contributed by atoms with E-state index in [9.17, 15) is 4.79 Å². The van der Waals surface area contributed by atoms with Crippen LogP contribution in [0, 0.1) is 0 Å². The number of para-hydroxylation sites is 1. The van der Waals surface area contributed by atoms with Crippen molar-refractivity contribution in [1.82, 2.24) is 30.0 Å². The van der Waals surface area contributed by atoms with Gasteiger partial charge in [-0.15, -0.1) is 0 Å². The lowest BCUT2D eigenvalue weighted by molar-refractivity contribution is 0.0932. The molecule has 0 aliphatic carbocycles. The molecule has 1 aliphatic heterocycles. The number of ether oxygens (including phenoxy) is 2. The van der Waals surface area contributed by atoms with Gasteiger partial charge in [0.25, 0.3) is 11.9 Å². The largest absolute Gasteiger partial charge is 0.496 e. The van der Waals surface area contributed by atoms with Crippen LogP contribution in [0.5, 0.6) is 5.75 Å². The Labute approximate surface area is 216 Å². The van der Waals surface area contributed by atoms with Crippen LogP contribution in [0.15, 0.2) is 73.1 Å². The van der Waals surface area contributed by atoms with E-state index in [1.54, 1.807) is 31.3 Å². The summed E-state index contributed by atoms with van der Waals surface area (Å²) in [6.07, 6.45) is 4.12. The molecular weight excluding hydrogens is 468 g/mol. The van der Waals surface area contributed by atoms with Gasteiger partial charge in [0, 0.05) is 44.5 Å². The predicted octanol–water partition coefficient (Wildman–Crippen LogP) is 3.49. The Morgan fingerprint density at radius 2 is 1.89 bits per heavy atom. The highest BCUT2D eigenvalue weighted by Gasteiger charge is 2.27. The number of hydrogen-bond acceptors (Lipinski definition) is 7. The summed E-state index contributed by atoms with van der Waals surface area (Å²) in [5.41, 5.74) is 3.85. The fourth-order valence-electron chi connectivity index (χ4n) is 4.67. The molecule has 1 N–H and O–H groups in total. The van der Waals surface area contributed by atoms with E-state index in [4.69, 9.17) is 14.5 Å². The minimum atomic E-state index is -0.175. The van der Waals surface area contributed by atoms with E-state index in [1.807, 2.05) is 36.4 Å². The van der Waals surface area contributed by atoms with Crippen molar-refractivity contribution in [2.45, 2.75) is 25.6 Å². The third-order valence-electron chi connectivity index (χ3n) is 6.47.